The molecule has 3 heterocycles. The monoisotopic (exact) mass is 469 g/mol. The molecule has 0 aliphatic carbocycles. The molecule has 2 aliphatic heterocycles. The molecule has 9 nitrogen and oxygen atoms in total. The van der Waals surface area contributed by atoms with E-state index in [9.17, 15) is 14.4 Å². The van der Waals surface area contributed by atoms with Gasteiger partial charge in [-0.15, -0.1) is 0 Å². The summed E-state index contributed by atoms with van der Waals surface area (Å²) in [6.45, 7) is -3.62. The van der Waals surface area contributed by atoms with Crippen molar-refractivity contribution in [3.63, 3.8) is 0 Å². The highest BCUT2D eigenvalue weighted by Crippen LogP contribution is 2.31. The van der Waals surface area contributed by atoms with Gasteiger partial charge < -0.3 is 20.3 Å². The van der Waals surface area contributed by atoms with Crippen LogP contribution in [0.3, 0.4) is 0 Å². The molecule has 1 fully saturated rings. The van der Waals surface area contributed by atoms with Gasteiger partial charge in [-0.3, -0.25) is 14.4 Å². The van der Waals surface area contributed by atoms with Gasteiger partial charge in [0.15, 0.2) is 5.69 Å². The van der Waals surface area contributed by atoms with Crippen LogP contribution in [-0.4, -0.2) is 47.7 Å². The number of carbonyl (C=O) groups is 3. The molecule has 5 rings (SSSR count). The first-order chi connectivity index (χ1) is 20.3. The van der Waals surface area contributed by atoms with E-state index in [2.05, 4.69) is 5.10 Å². The molecule has 1 saturated heterocycles. The maximum atomic E-state index is 14.1. The average molecular weight is 470 g/mol. The first kappa shape index (κ1) is 12.9. The van der Waals surface area contributed by atoms with E-state index < -0.39 is 91.9 Å². The molecule has 3 aromatic rings. The van der Waals surface area contributed by atoms with Crippen molar-refractivity contribution in [2.45, 2.75) is 25.6 Å². The van der Waals surface area contributed by atoms with E-state index >= 15 is 0 Å². The van der Waals surface area contributed by atoms with Crippen LogP contribution in [0.2, 0.25) is 0 Å². The Morgan fingerprint density at radius 1 is 1.03 bits per heavy atom. The zero-order valence-electron chi connectivity index (χ0n) is 27.9. The highest BCUT2D eigenvalue weighted by Gasteiger charge is 2.34. The number of benzene rings is 2. The van der Waals surface area contributed by atoms with E-state index in [-0.39, 0.29) is 22.6 Å². The highest BCUT2D eigenvalue weighted by molar-refractivity contribution is 6.09. The summed E-state index contributed by atoms with van der Waals surface area (Å²) >= 11 is 0. The second-order valence-electron chi connectivity index (χ2n) is 7.33. The Labute approximate surface area is 210 Å². The van der Waals surface area contributed by atoms with Gasteiger partial charge in [-0.2, -0.15) is 5.10 Å². The van der Waals surface area contributed by atoms with Gasteiger partial charge in [0.2, 0.25) is 5.91 Å². The van der Waals surface area contributed by atoms with E-state index in [4.69, 9.17) is 24.2 Å². The number of piperidine rings is 1. The topological polar surface area (TPSA) is 111 Å². The van der Waals surface area contributed by atoms with Crippen molar-refractivity contribution in [1.29, 1.82) is 0 Å². The molecule has 9 heteroatoms. The Morgan fingerprint density at radius 2 is 1.71 bits per heavy atom. The average Bonchev–Trinajstić information content (AvgIpc) is 3.31. The quantitative estimate of drug-likeness (QED) is 0.618. The minimum atomic E-state index is -2.72. The van der Waals surface area contributed by atoms with Crippen LogP contribution in [0.1, 0.15) is 59.4 Å². The molecule has 3 amide bonds. The largest absolute Gasteiger partial charge is 0.497 e. The van der Waals surface area contributed by atoms with Crippen molar-refractivity contribution in [2.24, 2.45) is 5.73 Å². The smallest absolute Gasteiger partial charge is 0.277 e. The van der Waals surface area contributed by atoms with E-state index in [0.717, 1.165) is 4.68 Å². The fourth-order valence-electron chi connectivity index (χ4n) is 3.67. The Bertz CT molecular complexity index is 1710. The van der Waals surface area contributed by atoms with Gasteiger partial charge in [0.25, 0.3) is 11.8 Å². The molecule has 1 aromatic heterocycles. The summed E-state index contributed by atoms with van der Waals surface area (Å²) < 4.78 is 90.1. The standard InChI is InChI=1S/C25H25N5O4/c1-34-19-11-9-18(10-12-19)30-23-20(22(27-30)24(26)32)13-15-29(25(23)33)17-7-5-16(6-8-17)28-14-3-2-4-21(28)31/h5-12H,2-4,13-15H2,1H3,(H2,26,32)/i2D2,3D2,5D,6D,7D,8D,15D2. The van der Waals surface area contributed by atoms with Gasteiger partial charge in [-0.05, 0) is 67.6 Å². The molecule has 0 unspecified atom stereocenters. The third-order valence-electron chi connectivity index (χ3n) is 5.35. The molecule has 0 radical (unpaired) electrons. The number of nitrogens with two attached hydrogens (primary N) is 1. The van der Waals surface area contributed by atoms with Gasteiger partial charge in [0, 0.05) is 41.9 Å². The zero-order chi connectivity index (χ0) is 32.7. The number of methoxy groups -OCH3 is 1. The first-order valence-electron chi connectivity index (χ1n) is 15.2. The number of hydrogen-bond donors (Lipinski definition) is 1. The van der Waals surface area contributed by atoms with E-state index in [1.54, 1.807) is 12.1 Å². The number of fused-ring (bicyclic) bond motifs is 1. The summed E-state index contributed by atoms with van der Waals surface area (Å²) in [6, 6.07) is 2.57. The van der Waals surface area contributed by atoms with Crippen molar-refractivity contribution in [2.75, 3.05) is 30.0 Å². The van der Waals surface area contributed by atoms with E-state index in [1.807, 2.05) is 0 Å². The number of aromatic nitrogens is 2. The molecule has 174 valence electrons. The lowest BCUT2D eigenvalue weighted by atomic mass is 10.0. The molecule has 2 N–H and O–H groups in total. The summed E-state index contributed by atoms with van der Waals surface area (Å²) in [6.07, 6.45) is -6.74. The number of ether oxygens (including phenoxy) is 1. The van der Waals surface area contributed by atoms with Crippen LogP contribution >= 0.6 is 0 Å². The van der Waals surface area contributed by atoms with E-state index in [1.165, 1.54) is 19.2 Å². The fourth-order valence-corrected chi connectivity index (χ4v) is 3.67. The fraction of sp³-hybridized carbons (Fsp3) is 0.280. The second-order valence-corrected chi connectivity index (χ2v) is 7.33. The predicted molar refractivity (Wildman–Crippen MR) is 127 cm³/mol. The van der Waals surface area contributed by atoms with Crippen molar-refractivity contribution >= 4 is 29.1 Å². The SMILES string of the molecule is [2H]c1c([2H])c(N2C(=O)c3c(c(C(N)=O)nn3-c3ccc(OC)cc3)CC2([2H])[2H])c([2H])c([2H])c1N1CC([2H])([2H])C([2H])([2H])CC1=O. The number of primary amides is 1. The maximum Gasteiger partial charge on any atom is 0.277 e. The van der Waals surface area contributed by atoms with Crippen LogP contribution in [-0.2, 0) is 11.2 Å². The lowest BCUT2D eigenvalue weighted by molar-refractivity contribution is -0.119. The van der Waals surface area contributed by atoms with Crippen LogP contribution in [0.5, 0.6) is 5.75 Å². The van der Waals surface area contributed by atoms with Crippen molar-refractivity contribution in [1.82, 2.24) is 9.78 Å². The molecule has 2 aliphatic rings. The lowest BCUT2D eigenvalue weighted by Crippen LogP contribution is -2.39. The Hall–Kier alpha value is -4.14. The van der Waals surface area contributed by atoms with Gasteiger partial charge in [-0.1, -0.05) is 0 Å². The minimum absolute atomic E-state index is 0.123. The van der Waals surface area contributed by atoms with Gasteiger partial charge in [0.05, 0.1) is 21.0 Å². The van der Waals surface area contributed by atoms with E-state index in [0.29, 0.717) is 15.5 Å². The molecular weight excluding hydrogens is 434 g/mol. The summed E-state index contributed by atoms with van der Waals surface area (Å²) in [5.41, 5.74) is 3.55. The second kappa shape index (κ2) is 8.66. The van der Waals surface area contributed by atoms with Gasteiger partial charge in [-0.25, -0.2) is 4.68 Å². The Balaban J connectivity index is 1.69. The predicted octanol–water partition coefficient (Wildman–Crippen LogP) is 2.70. The normalized spacial score (nSPS) is 24.6. The van der Waals surface area contributed by atoms with Gasteiger partial charge >= 0.3 is 0 Å². The van der Waals surface area contributed by atoms with Crippen molar-refractivity contribution in [3.05, 3.63) is 65.4 Å². The maximum absolute atomic E-state index is 14.1. The summed E-state index contributed by atoms with van der Waals surface area (Å²) in [4.78, 5) is 40.3. The van der Waals surface area contributed by atoms with Crippen LogP contribution in [0.15, 0.2) is 48.4 Å². The lowest BCUT2D eigenvalue weighted by Gasteiger charge is -2.29. The van der Waals surface area contributed by atoms with Crippen molar-refractivity contribution < 1.29 is 32.8 Å². The summed E-state index contributed by atoms with van der Waals surface area (Å²) in [5.74, 6) is -2.70. The number of hydrogen-bond acceptors (Lipinski definition) is 5. The highest BCUT2D eigenvalue weighted by atomic mass is 16.5. The third-order valence-corrected chi connectivity index (χ3v) is 5.35. The third kappa shape index (κ3) is 3.68. The summed E-state index contributed by atoms with van der Waals surface area (Å²) in [5, 5.41) is 4.16. The number of rotatable bonds is 5. The number of carbonyl (C=O) groups excluding carboxylic acids is 3. The van der Waals surface area contributed by atoms with Crippen LogP contribution in [0.25, 0.3) is 5.69 Å². The molecule has 0 spiro atoms. The molecule has 0 atom stereocenters. The molecule has 0 saturated carbocycles. The van der Waals surface area contributed by atoms with Gasteiger partial charge in [0.1, 0.15) is 11.4 Å². The van der Waals surface area contributed by atoms with Crippen LogP contribution in [0.4, 0.5) is 11.4 Å². The van der Waals surface area contributed by atoms with Crippen molar-refractivity contribution in [3.8, 4) is 11.4 Å². The molecule has 2 aromatic carbocycles. The Morgan fingerprint density at radius 3 is 2.35 bits per heavy atom. The Kier molecular flexibility index (Phi) is 3.29. The molecule has 0 bridgehead atoms. The minimum Gasteiger partial charge on any atom is -0.497 e. The zero-order valence-corrected chi connectivity index (χ0v) is 17.9. The number of amides is 3. The van der Waals surface area contributed by atoms with Crippen LogP contribution < -0.4 is 20.3 Å². The number of anilines is 2. The first-order valence-corrected chi connectivity index (χ1v) is 10.2. The summed E-state index contributed by atoms with van der Waals surface area (Å²) in [7, 11) is 1.44. The molecule has 34 heavy (non-hydrogen) atoms. The molecular formula is C25H25N5O4. The van der Waals surface area contributed by atoms with Crippen LogP contribution in [0, 0.1) is 0 Å². The number of nitrogens with zero attached hydrogens (tertiary/aromatic N) is 4.